The number of methoxy groups -OCH3 is 1. The van der Waals surface area contributed by atoms with E-state index >= 15 is 0 Å². The number of anilines is 1. The lowest BCUT2D eigenvalue weighted by Gasteiger charge is -2.14. The van der Waals surface area contributed by atoms with Crippen molar-refractivity contribution in [3.05, 3.63) is 28.2 Å². The van der Waals surface area contributed by atoms with Gasteiger partial charge in [-0.3, -0.25) is 4.79 Å². The van der Waals surface area contributed by atoms with Crippen molar-refractivity contribution in [3.63, 3.8) is 0 Å². The van der Waals surface area contributed by atoms with Crippen molar-refractivity contribution >= 4 is 27.5 Å². The number of benzene rings is 1. The molecular weight excluding hydrogens is 353 g/mol. The molecule has 8 heteroatoms. The van der Waals surface area contributed by atoms with Crippen LogP contribution in [0, 0.1) is 0 Å². The summed E-state index contributed by atoms with van der Waals surface area (Å²) in [7, 11) is 1.55. The van der Waals surface area contributed by atoms with Gasteiger partial charge in [0, 0.05) is 18.1 Å². The molecule has 2 atom stereocenters. The van der Waals surface area contributed by atoms with E-state index in [4.69, 9.17) is 4.74 Å². The third-order valence-corrected chi connectivity index (χ3v) is 3.98. The van der Waals surface area contributed by atoms with Gasteiger partial charge >= 0.3 is 6.18 Å². The maximum Gasteiger partial charge on any atom is 0.416 e. The van der Waals surface area contributed by atoms with Crippen LogP contribution in [0.2, 0.25) is 0 Å². The highest BCUT2D eigenvalue weighted by Crippen LogP contribution is 2.34. The van der Waals surface area contributed by atoms with Crippen molar-refractivity contribution < 1.29 is 22.7 Å². The van der Waals surface area contributed by atoms with E-state index < -0.39 is 17.8 Å². The first-order chi connectivity index (χ1) is 9.81. The first-order valence-electron chi connectivity index (χ1n) is 6.25. The summed E-state index contributed by atoms with van der Waals surface area (Å²) in [6.07, 6.45) is -4.03. The third kappa shape index (κ3) is 3.96. The molecule has 2 rings (SSSR count). The minimum atomic E-state index is -4.45. The Kier molecular flexibility index (Phi) is 4.90. The number of hydrogen-bond donors (Lipinski definition) is 2. The fourth-order valence-corrected chi connectivity index (χ4v) is 2.45. The average Bonchev–Trinajstić information content (AvgIpc) is 2.88. The SMILES string of the molecule is COC1CNC(C(=O)Nc2cc(C(F)(F)F)ccc2Br)C1. The predicted molar refractivity (Wildman–Crippen MR) is 75.0 cm³/mol. The molecule has 1 aliphatic rings. The van der Waals surface area contributed by atoms with E-state index in [1.54, 1.807) is 7.11 Å². The maximum atomic E-state index is 12.7. The van der Waals surface area contributed by atoms with Crippen LogP contribution in [0.3, 0.4) is 0 Å². The van der Waals surface area contributed by atoms with E-state index in [0.717, 1.165) is 12.1 Å². The van der Waals surface area contributed by atoms with E-state index in [-0.39, 0.29) is 17.7 Å². The molecule has 1 aromatic carbocycles. The van der Waals surface area contributed by atoms with Gasteiger partial charge in [0.1, 0.15) is 0 Å². The first-order valence-corrected chi connectivity index (χ1v) is 7.04. The largest absolute Gasteiger partial charge is 0.416 e. The Balaban J connectivity index is 2.10. The lowest BCUT2D eigenvalue weighted by atomic mass is 10.1. The van der Waals surface area contributed by atoms with Crippen LogP contribution in [0.1, 0.15) is 12.0 Å². The summed E-state index contributed by atoms with van der Waals surface area (Å²) in [5.74, 6) is -0.380. The van der Waals surface area contributed by atoms with Crippen molar-refractivity contribution in [1.82, 2.24) is 5.32 Å². The Morgan fingerprint density at radius 3 is 2.76 bits per heavy atom. The Morgan fingerprint density at radius 1 is 1.48 bits per heavy atom. The highest BCUT2D eigenvalue weighted by molar-refractivity contribution is 9.10. The molecule has 1 fully saturated rings. The number of nitrogens with one attached hydrogen (secondary N) is 2. The molecule has 1 saturated heterocycles. The second-order valence-electron chi connectivity index (χ2n) is 4.74. The van der Waals surface area contributed by atoms with Crippen LogP contribution in [0.15, 0.2) is 22.7 Å². The standard InChI is InChI=1S/C13H14BrF3N2O2/c1-21-8-5-11(18-6-8)12(20)19-10-4-7(13(15,16)17)2-3-9(10)14/h2-4,8,11,18H,5-6H2,1H3,(H,19,20). The van der Waals surface area contributed by atoms with E-state index in [2.05, 4.69) is 26.6 Å². The number of carbonyl (C=O) groups excluding carboxylic acids is 1. The van der Waals surface area contributed by atoms with Crippen LogP contribution in [-0.4, -0.2) is 31.7 Å². The maximum absolute atomic E-state index is 12.7. The molecule has 0 radical (unpaired) electrons. The quantitative estimate of drug-likeness (QED) is 0.864. The minimum Gasteiger partial charge on any atom is -0.380 e. The summed E-state index contributed by atoms with van der Waals surface area (Å²) in [6.45, 7) is 0.540. The van der Waals surface area contributed by atoms with E-state index in [1.165, 1.54) is 6.07 Å². The second kappa shape index (κ2) is 6.33. The fraction of sp³-hybridized carbons (Fsp3) is 0.462. The van der Waals surface area contributed by atoms with Crippen LogP contribution in [-0.2, 0) is 15.7 Å². The molecular formula is C13H14BrF3N2O2. The Labute approximate surface area is 128 Å². The topological polar surface area (TPSA) is 50.4 Å². The Morgan fingerprint density at radius 2 is 2.19 bits per heavy atom. The number of ether oxygens (including phenoxy) is 1. The summed E-state index contributed by atoms with van der Waals surface area (Å²) >= 11 is 3.13. The molecule has 1 heterocycles. The normalized spacial score (nSPS) is 22.3. The van der Waals surface area contributed by atoms with Gasteiger partial charge in [0.15, 0.2) is 0 Å². The highest BCUT2D eigenvalue weighted by atomic mass is 79.9. The summed E-state index contributed by atoms with van der Waals surface area (Å²) in [5.41, 5.74) is -0.715. The molecule has 0 bridgehead atoms. The van der Waals surface area contributed by atoms with Crippen molar-refractivity contribution in [2.45, 2.75) is 24.7 Å². The molecule has 0 aliphatic carbocycles. The van der Waals surface area contributed by atoms with Crippen LogP contribution >= 0.6 is 15.9 Å². The van der Waals surface area contributed by atoms with Crippen molar-refractivity contribution in [2.75, 3.05) is 19.0 Å². The lowest BCUT2D eigenvalue weighted by molar-refractivity contribution is -0.137. The van der Waals surface area contributed by atoms with Crippen molar-refractivity contribution in [1.29, 1.82) is 0 Å². The van der Waals surface area contributed by atoms with Gasteiger partial charge < -0.3 is 15.4 Å². The van der Waals surface area contributed by atoms with Crippen molar-refractivity contribution in [2.24, 2.45) is 0 Å². The molecule has 1 aromatic rings. The van der Waals surface area contributed by atoms with E-state index in [0.29, 0.717) is 17.4 Å². The number of halogens is 4. The Hall–Kier alpha value is -1.12. The molecule has 0 spiro atoms. The lowest BCUT2D eigenvalue weighted by Crippen LogP contribution is -2.35. The van der Waals surface area contributed by atoms with Crippen molar-refractivity contribution in [3.8, 4) is 0 Å². The van der Waals surface area contributed by atoms with Crippen LogP contribution in [0.25, 0.3) is 0 Å². The summed E-state index contributed by atoms with van der Waals surface area (Å²) in [4.78, 5) is 12.1. The van der Waals surface area contributed by atoms with Gasteiger partial charge in [-0.2, -0.15) is 13.2 Å². The molecule has 2 unspecified atom stereocenters. The van der Waals surface area contributed by atoms with Gasteiger partial charge in [-0.05, 0) is 40.5 Å². The fourth-order valence-electron chi connectivity index (χ4n) is 2.10. The molecule has 2 N–H and O–H groups in total. The molecule has 0 saturated carbocycles. The van der Waals surface area contributed by atoms with Gasteiger partial charge in [-0.1, -0.05) is 0 Å². The number of rotatable bonds is 3. The Bertz CT molecular complexity index is 537. The zero-order valence-electron chi connectivity index (χ0n) is 11.1. The molecule has 21 heavy (non-hydrogen) atoms. The smallest absolute Gasteiger partial charge is 0.380 e. The summed E-state index contributed by atoms with van der Waals surface area (Å²) < 4.78 is 43.6. The van der Waals surface area contributed by atoms with Gasteiger partial charge in [0.2, 0.25) is 5.91 Å². The number of alkyl halides is 3. The predicted octanol–water partition coefficient (Wildman–Crippen LogP) is 2.78. The molecule has 1 amide bonds. The monoisotopic (exact) mass is 366 g/mol. The van der Waals surface area contributed by atoms with Gasteiger partial charge in [0.05, 0.1) is 23.4 Å². The molecule has 116 valence electrons. The van der Waals surface area contributed by atoms with Crippen LogP contribution < -0.4 is 10.6 Å². The summed E-state index contributed by atoms with van der Waals surface area (Å²) in [6, 6.07) is 2.65. The number of amides is 1. The summed E-state index contributed by atoms with van der Waals surface area (Å²) in [5, 5.41) is 5.47. The zero-order chi connectivity index (χ0) is 15.6. The van der Waals surface area contributed by atoms with E-state index in [9.17, 15) is 18.0 Å². The van der Waals surface area contributed by atoms with Gasteiger partial charge in [0.25, 0.3) is 0 Å². The van der Waals surface area contributed by atoms with Gasteiger partial charge in [-0.15, -0.1) is 0 Å². The first kappa shape index (κ1) is 16.3. The zero-order valence-corrected chi connectivity index (χ0v) is 12.7. The number of carbonyl (C=O) groups is 1. The highest BCUT2D eigenvalue weighted by Gasteiger charge is 2.32. The van der Waals surface area contributed by atoms with E-state index in [1.807, 2.05) is 0 Å². The minimum absolute atomic E-state index is 0.0642. The molecule has 0 aromatic heterocycles. The average molecular weight is 367 g/mol. The van der Waals surface area contributed by atoms with Gasteiger partial charge in [-0.25, -0.2) is 0 Å². The third-order valence-electron chi connectivity index (χ3n) is 3.29. The second-order valence-corrected chi connectivity index (χ2v) is 5.59. The number of hydrogen-bond acceptors (Lipinski definition) is 3. The molecule has 4 nitrogen and oxygen atoms in total. The van der Waals surface area contributed by atoms with Crippen LogP contribution in [0.5, 0.6) is 0 Å². The van der Waals surface area contributed by atoms with Crippen LogP contribution in [0.4, 0.5) is 18.9 Å². The molecule has 1 aliphatic heterocycles.